The number of hydrogen-bond acceptors (Lipinski definition) is 10. The molecule has 346 valence electrons. The lowest BCUT2D eigenvalue weighted by molar-refractivity contribution is -0.368. The number of likely N-dealkylation sites (N-methyl/N-ethyl adjacent to an activating group) is 1. The molecular weight excluding hydrogens is 831 g/mol. The number of nitrogens with zero attached hydrogens (tertiary/aromatic N) is 1. The van der Waals surface area contributed by atoms with E-state index in [4.69, 9.17) is 9.90 Å². The molecule has 0 unspecified atom stereocenters. The Hall–Kier alpha value is -6.67. The van der Waals surface area contributed by atoms with Crippen LogP contribution in [0.1, 0.15) is 112 Å². The van der Waals surface area contributed by atoms with Crippen molar-refractivity contribution in [2.75, 3.05) is 13.6 Å². The van der Waals surface area contributed by atoms with Gasteiger partial charge in [0.1, 0.15) is 29.4 Å². The molecule has 7 N–H and O–H groups in total. The average molecular weight is 892 g/mol. The fraction of sp³-hybridized carbons (Fsp3) is 0.392. The zero-order valence-electron chi connectivity index (χ0n) is 37.6. The van der Waals surface area contributed by atoms with Gasteiger partial charge in [0, 0.05) is 73.6 Å². The maximum Gasteiger partial charge on any atom is 0.326 e. The van der Waals surface area contributed by atoms with E-state index in [1.165, 1.54) is 60.8 Å². The summed E-state index contributed by atoms with van der Waals surface area (Å²) in [5.41, 5.74) is 8.91. The normalized spacial score (nSPS) is 16.5. The van der Waals surface area contributed by atoms with Crippen molar-refractivity contribution in [3.8, 4) is 33.8 Å². The van der Waals surface area contributed by atoms with Crippen molar-refractivity contribution in [3.05, 3.63) is 107 Å². The Morgan fingerprint density at radius 1 is 0.831 bits per heavy atom. The smallest absolute Gasteiger partial charge is 0.326 e. The predicted molar refractivity (Wildman–Crippen MR) is 242 cm³/mol. The highest BCUT2D eigenvalue weighted by atomic mass is 16.4. The van der Waals surface area contributed by atoms with Crippen LogP contribution < -0.4 is 16.2 Å². The van der Waals surface area contributed by atoms with Crippen LogP contribution in [0.4, 0.5) is 0 Å². The number of ketones is 3. The third kappa shape index (κ3) is 14.7. The van der Waals surface area contributed by atoms with Gasteiger partial charge in [0.2, 0.25) is 11.8 Å². The molecule has 4 aromatic carbocycles. The van der Waals surface area contributed by atoms with Crippen molar-refractivity contribution in [1.82, 2.24) is 10.2 Å². The number of aromatic hydroxyl groups is 2. The average Bonchev–Trinajstić information content (AvgIpc) is 3.26. The first kappa shape index (κ1) is 51.0. The number of benzene rings is 4. The molecule has 4 aromatic rings. The van der Waals surface area contributed by atoms with Gasteiger partial charge < -0.3 is 41.2 Å². The van der Waals surface area contributed by atoms with Crippen LogP contribution in [0.2, 0.25) is 0 Å². The van der Waals surface area contributed by atoms with E-state index in [2.05, 4.69) is 42.2 Å². The van der Waals surface area contributed by atoms with E-state index in [1.807, 2.05) is 12.1 Å². The number of Topliss-reactive ketones (excluding diaryl/α,β-unsaturated/α-hetero) is 3. The molecule has 0 fully saturated rings. The number of hydrogen-bond donors (Lipinski definition) is 5. The number of rotatable bonds is 17. The summed E-state index contributed by atoms with van der Waals surface area (Å²) in [6.07, 6.45) is 3.77. The minimum atomic E-state index is -1.34. The Morgan fingerprint density at radius 3 is 2.03 bits per heavy atom. The number of carbonyl (C=O) groups excluding carboxylic acids is 6. The van der Waals surface area contributed by atoms with E-state index in [-0.39, 0.29) is 66.3 Å². The summed E-state index contributed by atoms with van der Waals surface area (Å²) in [4.78, 5) is 91.0. The lowest BCUT2D eigenvalue weighted by Crippen LogP contribution is -2.50. The SMILES string of the molecule is CC(=O)[O-].CCCc1ccc(-c2ccc(C(=O)CCCC(=O)C[C@H](CCCC[NH3+])C(=O)N(C)[C@@H]3C(=O)C[C@@H](C)C(=O)N[C@H](C(=O)O)Cc4ccc(O)c(c4)-c4cc3ccc4O)cc2)cc1. The monoisotopic (exact) mass is 891 g/mol. The summed E-state index contributed by atoms with van der Waals surface area (Å²) < 4.78 is 0. The number of phenols is 2. The highest BCUT2D eigenvalue weighted by Crippen LogP contribution is 2.39. The van der Waals surface area contributed by atoms with E-state index in [0.29, 0.717) is 42.5 Å². The molecular formula is C51H61N3O11. The predicted octanol–water partition coefficient (Wildman–Crippen LogP) is 5.40. The van der Waals surface area contributed by atoms with Gasteiger partial charge in [0.05, 0.1) is 6.54 Å². The maximum absolute atomic E-state index is 14.5. The van der Waals surface area contributed by atoms with E-state index in [9.17, 15) is 44.1 Å². The van der Waals surface area contributed by atoms with Crippen molar-refractivity contribution >= 4 is 41.1 Å². The van der Waals surface area contributed by atoms with Gasteiger partial charge in [0.15, 0.2) is 11.6 Å². The summed E-state index contributed by atoms with van der Waals surface area (Å²) in [5.74, 6) is -6.47. The number of carboxylic acid groups (broad SMARTS) is 2. The van der Waals surface area contributed by atoms with Crippen molar-refractivity contribution in [3.63, 3.8) is 0 Å². The maximum atomic E-state index is 14.5. The Morgan fingerprint density at radius 2 is 1.43 bits per heavy atom. The number of carbonyl (C=O) groups is 7. The summed E-state index contributed by atoms with van der Waals surface area (Å²) >= 11 is 0. The molecule has 2 amide bonds. The highest BCUT2D eigenvalue weighted by Gasteiger charge is 2.36. The Kier molecular flexibility index (Phi) is 19.1. The molecule has 1 aliphatic heterocycles. The quantitative estimate of drug-likeness (QED) is 0.0663. The van der Waals surface area contributed by atoms with Crippen LogP contribution in [0.25, 0.3) is 22.3 Å². The third-order valence-corrected chi connectivity index (χ3v) is 11.5. The summed E-state index contributed by atoms with van der Waals surface area (Å²) in [7, 11) is 1.47. The summed E-state index contributed by atoms with van der Waals surface area (Å²) in [6.45, 7) is 5.26. The highest BCUT2D eigenvalue weighted by molar-refractivity contribution is 5.97. The molecule has 0 saturated heterocycles. The fourth-order valence-corrected chi connectivity index (χ4v) is 8.01. The van der Waals surface area contributed by atoms with Gasteiger partial charge in [-0.2, -0.15) is 0 Å². The van der Waals surface area contributed by atoms with Gasteiger partial charge in [0.25, 0.3) is 0 Å². The van der Waals surface area contributed by atoms with Crippen LogP contribution in [0, 0.1) is 11.8 Å². The number of quaternary nitrogens is 1. The molecule has 14 heteroatoms. The first-order valence-electron chi connectivity index (χ1n) is 22.1. The fourth-order valence-electron chi connectivity index (χ4n) is 8.01. The molecule has 0 spiro atoms. The third-order valence-electron chi connectivity index (χ3n) is 11.5. The number of unbranched alkanes of at least 4 members (excludes halogenated alkanes) is 1. The molecule has 0 radical (unpaired) electrons. The van der Waals surface area contributed by atoms with E-state index in [1.54, 1.807) is 12.1 Å². The van der Waals surface area contributed by atoms with Crippen LogP contribution >= 0.6 is 0 Å². The molecule has 0 aromatic heterocycles. The number of nitrogens with one attached hydrogen (secondary N) is 1. The van der Waals surface area contributed by atoms with Crippen molar-refractivity contribution in [1.29, 1.82) is 0 Å². The first-order valence-corrected chi connectivity index (χ1v) is 22.1. The van der Waals surface area contributed by atoms with Gasteiger partial charge in [-0.15, -0.1) is 0 Å². The van der Waals surface area contributed by atoms with Crippen LogP contribution in [-0.4, -0.2) is 81.0 Å². The standard InChI is InChI=1S/C49H57N3O9.C2H4O2/c1-4-8-31-12-15-33(16-13-31)34-17-19-35(20-18-34)42(54)11-7-10-38(53)28-37(9-5-6-24-50)48(59)52(3)46-36-21-23-44(56)40(29-36)39-26-32(14-22-43(39)55)27-41(49(60)61)51-47(58)30(2)25-45(46)57;1-2(3)4/h12-23,26,29-30,37,41,46,55-56H,4-11,24-25,27-28,50H2,1-3H3,(H,51,58)(H,60,61);1H3,(H,3,4)/t30-,37+,41+,46+;/m1./s1. The number of aliphatic carboxylic acids is 2. The molecule has 5 rings (SSSR count). The topological polar surface area (TPSA) is 246 Å². The summed E-state index contributed by atoms with van der Waals surface area (Å²) in [5, 5.41) is 43.2. The number of carboxylic acids is 2. The Labute approximate surface area is 379 Å². The van der Waals surface area contributed by atoms with Gasteiger partial charge in [-0.25, -0.2) is 4.79 Å². The second kappa shape index (κ2) is 24.4. The largest absolute Gasteiger partial charge is 0.550 e. The van der Waals surface area contributed by atoms with Crippen molar-refractivity contribution in [2.24, 2.45) is 11.8 Å². The molecule has 14 nitrogen and oxygen atoms in total. The lowest BCUT2D eigenvalue weighted by atomic mass is 9.88. The van der Waals surface area contributed by atoms with Gasteiger partial charge in [-0.3, -0.25) is 24.0 Å². The van der Waals surface area contributed by atoms with Gasteiger partial charge >= 0.3 is 5.97 Å². The molecule has 4 atom stereocenters. The molecule has 0 aliphatic carbocycles. The number of phenolic OH excluding ortho intramolecular Hbond substituents is 2. The number of amides is 2. The molecule has 1 aliphatic rings. The van der Waals surface area contributed by atoms with Crippen LogP contribution in [-0.2, 0) is 41.6 Å². The van der Waals surface area contributed by atoms with Crippen LogP contribution in [0.5, 0.6) is 11.5 Å². The van der Waals surface area contributed by atoms with E-state index < -0.39 is 53.5 Å². The van der Waals surface area contributed by atoms with Crippen LogP contribution in [0.15, 0.2) is 84.9 Å². The zero-order chi connectivity index (χ0) is 47.8. The summed E-state index contributed by atoms with van der Waals surface area (Å²) in [6, 6.07) is 22.0. The van der Waals surface area contributed by atoms with Crippen LogP contribution in [0.3, 0.4) is 0 Å². The second-order valence-electron chi connectivity index (χ2n) is 16.7. The minimum absolute atomic E-state index is 0.0810. The minimum Gasteiger partial charge on any atom is -0.550 e. The molecule has 65 heavy (non-hydrogen) atoms. The zero-order valence-corrected chi connectivity index (χ0v) is 37.6. The van der Waals surface area contributed by atoms with E-state index in [0.717, 1.165) is 37.3 Å². The van der Waals surface area contributed by atoms with E-state index >= 15 is 0 Å². The van der Waals surface area contributed by atoms with Gasteiger partial charge in [-0.05, 0) is 91.1 Å². The second-order valence-corrected chi connectivity index (χ2v) is 16.7. The van der Waals surface area contributed by atoms with Crippen molar-refractivity contribution < 1.29 is 59.7 Å². The molecule has 4 bridgehead atoms. The van der Waals surface area contributed by atoms with Gasteiger partial charge in [-0.1, -0.05) is 80.9 Å². The first-order chi connectivity index (χ1) is 30.9. The number of fused-ring (bicyclic) bond motifs is 5. The number of aryl methyl sites for hydroxylation is 1. The lowest BCUT2D eigenvalue weighted by Gasteiger charge is -2.32. The van der Waals surface area contributed by atoms with Crippen molar-refractivity contribution in [2.45, 2.75) is 103 Å². The Bertz CT molecular complexity index is 2320. The molecule has 1 heterocycles. The molecule has 0 saturated carbocycles. The Balaban J connectivity index is 0.00000222.